The number of aromatic nitrogens is 1. The van der Waals surface area contributed by atoms with Crippen LogP contribution < -0.4 is 9.64 Å². The van der Waals surface area contributed by atoms with Crippen molar-refractivity contribution in [1.29, 1.82) is 0 Å². The predicted octanol–water partition coefficient (Wildman–Crippen LogP) is 3.98. The number of rotatable bonds is 7. The molecule has 2 aromatic carbocycles. The Bertz CT molecular complexity index is 997. The normalized spacial score (nSPS) is 15.0. The number of aryl methyl sites for hydroxylation is 1. The number of methoxy groups -OCH3 is 1. The van der Waals surface area contributed by atoms with Crippen molar-refractivity contribution in [2.75, 3.05) is 51.3 Å². The summed E-state index contributed by atoms with van der Waals surface area (Å²) in [5.41, 5.74) is 3.14. The number of pyridine rings is 1. The van der Waals surface area contributed by atoms with E-state index >= 15 is 0 Å². The molecular formula is C25H31N3O2. The fourth-order valence-electron chi connectivity index (χ4n) is 4.23. The lowest BCUT2D eigenvalue weighted by Crippen LogP contribution is -2.46. The monoisotopic (exact) mass is 405 g/mol. The Labute approximate surface area is 178 Å². The molecule has 1 aromatic heterocycles. The molecule has 0 radical (unpaired) electrons. The maximum Gasteiger partial charge on any atom is 0.137 e. The zero-order valence-corrected chi connectivity index (χ0v) is 18.0. The Kier molecular flexibility index (Phi) is 6.50. The SMILES string of the molecule is CCN1CCN(c2nc(-c3ccc(CCCO)c(OC)c3)cc3ccccc23)CC1. The van der Waals surface area contributed by atoms with Crippen molar-refractivity contribution >= 4 is 16.6 Å². The number of nitrogens with zero attached hydrogens (tertiary/aromatic N) is 3. The summed E-state index contributed by atoms with van der Waals surface area (Å²) in [4.78, 5) is 10.0. The molecule has 0 aliphatic carbocycles. The maximum atomic E-state index is 9.15. The molecule has 0 atom stereocenters. The number of hydrogen-bond donors (Lipinski definition) is 1. The smallest absolute Gasteiger partial charge is 0.137 e. The van der Waals surface area contributed by atoms with Crippen LogP contribution in [0.3, 0.4) is 0 Å². The van der Waals surface area contributed by atoms with Crippen LogP contribution in [0.1, 0.15) is 18.9 Å². The van der Waals surface area contributed by atoms with Crippen LogP contribution in [0.4, 0.5) is 5.82 Å². The molecule has 0 unspecified atom stereocenters. The average molecular weight is 406 g/mol. The first-order valence-electron chi connectivity index (χ1n) is 10.9. The summed E-state index contributed by atoms with van der Waals surface area (Å²) in [6.07, 6.45) is 1.54. The highest BCUT2D eigenvalue weighted by Crippen LogP contribution is 2.33. The molecule has 0 bridgehead atoms. The van der Waals surface area contributed by atoms with Crippen LogP contribution in [0.25, 0.3) is 22.0 Å². The molecule has 5 heteroatoms. The number of ether oxygens (including phenoxy) is 1. The Morgan fingerprint density at radius 2 is 1.83 bits per heavy atom. The third-order valence-corrected chi connectivity index (χ3v) is 6.03. The van der Waals surface area contributed by atoms with Crippen molar-refractivity contribution in [3.05, 3.63) is 54.1 Å². The van der Waals surface area contributed by atoms with E-state index in [0.717, 1.165) is 74.0 Å². The number of likely N-dealkylation sites (N-methyl/N-ethyl adjacent to an activating group) is 1. The van der Waals surface area contributed by atoms with E-state index in [0.29, 0.717) is 0 Å². The van der Waals surface area contributed by atoms with E-state index in [4.69, 9.17) is 14.8 Å². The van der Waals surface area contributed by atoms with E-state index in [1.807, 2.05) is 0 Å². The zero-order valence-electron chi connectivity index (χ0n) is 18.0. The minimum absolute atomic E-state index is 0.186. The van der Waals surface area contributed by atoms with Gasteiger partial charge in [-0.2, -0.15) is 0 Å². The largest absolute Gasteiger partial charge is 0.496 e. The number of anilines is 1. The fourth-order valence-corrected chi connectivity index (χ4v) is 4.23. The van der Waals surface area contributed by atoms with Crippen LogP contribution in [-0.4, -0.2) is 61.4 Å². The Hall–Kier alpha value is -2.63. The molecule has 158 valence electrons. The van der Waals surface area contributed by atoms with Gasteiger partial charge in [0.15, 0.2) is 0 Å². The molecule has 30 heavy (non-hydrogen) atoms. The van der Waals surface area contributed by atoms with Gasteiger partial charge in [0.05, 0.1) is 12.8 Å². The fraction of sp³-hybridized carbons (Fsp3) is 0.400. The second-order valence-corrected chi connectivity index (χ2v) is 7.83. The van der Waals surface area contributed by atoms with Crippen LogP contribution >= 0.6 is 0 Å². The lowest BCUT2D eigenvalue weighted by Gasteiger charge is -2.35. The summed E-state index contributed by atoms with van der Waals surface area (Å²) in [5, 5.41) is 11.6. The molecule has 1 aliphatic rings. The molecule has 1 aliphatic heterocycles. The number of fused-ring (bicyclic) bond motifs is 1. The van der Waals surface area contributed by atoms with Gasteiger partial charge in [0, 0.05) is 43.7 Å². The van der Waals surface area contributed by atoms with Crippen molar-refractivity contribution in [2.24, 2.45) is 0 Å². The van der Waals surface area contributed by atoms with Crippen LogP contribution in [0, 0.1) is 0 Å². The second-order valence-electron chi connectivity index (χ2n) is 7.83. The molecule has 0 amide bonds. The quantitative estimate of drug-likeness (QED) is 0.644. The summed E-state index contributed by atoms with van der Waals surface area (Å²) in [5.74, 6) is 1.93. The highest BCUT2D eigenvalue weighted by atomic mass is 16.5. The van der Waals surface area contributed by atoms with Gasteiger partial charge < -0.3 is 19.6 Å². The van der Waals surface area contributed by atoms with Gasteiger partial charge in [0.2, 0.25) is 0 Å². The van der Waals surface area contributed by atoms with Gasteiger partial charge in [0.1, 0.15) is 11.6 Å². The van der Waals surface area contributed by atoms with E-state index in [9.17, 15) is 0 Å². The van der Waals surface area contributed by atoms with Crippen LogP contribution in [0.15, 0.2) is 48.5 Å². The summed E-state index contributed by atoms with van der Waals surface area (Å²) < 4.78 is 5.64. The van der Waals surface area contributed by atoms with E-state index in [1.165, 1.54) is 10.8 Å². The number of aliphatic hydroxyl groups excluding tert-OH is 1. The number of hydrogen-bond acceptors (Lipinski definition) is 5. The molecule has 3 aromatic rings. The highest BCUT2D eigenvalue weighted by Gasteiger charge is 2.20. The lowest BCUT2D eigenvalue weighted by molar-refractivity contribution is 0.271. The molecule has 1 N–H and O–H groups in total. The average Bonchev–Trinajstić information content (AvgIpc) is 2.82. The standard InChI is InChI=1S/C25H31N3O2/c1-3-27-12-14-28(15-13-27)25-22-9-5-4-7-20(22)17-23(26-25)21-11-10-19(8-6-16-29)24(18-21)30-2/h4-5,7,9-11,17-18,29H,3,6,8,12-16H2,1-2H3. The number of aliphatic hydroxyl groups is 1. The molecule has 1 saturated heterocycles. The van der Waals surface area contributed by atoms with Crippen molar-refractivity contribution < 1.29 is 9.84 Å². The molecule has 1 fully saturated rings. The van der Waals surface area contributed by atoms with E-state index < -0.39 is 0 Å². The topological polar surface area (TPSA) is 48.8 Å². The van der Waals surface area contributed by atoms with Crippen LogP contribution in [0.2, 0.25) is 0 Å². The summed E-state index contributed by atoms with van der Waals surface area (Å²) in [6, 6.07) is 17.0. The van der Waals surface area contributed by atoms with Gasteiger partial charge in [-0.25, -0.2) is 4.98 Å². The molecule has 0 saturated carbocycles. The minimum atomic E-state index is 0.186. The lowest BCUT2D eigenvalue weighted by atomic mass is 10.0. The first kappa shape index (κ1) is 20.6. The number of piperazine rings is 1. The van der Waals surface area contributed by atoms with Crippen molar-refractivity contribution in [2.45, 2.75) is 19.8 Å². The minimum Gasteiger partial charge on any atom is -0.496 e. The zero-order chi connectivity index (χ0) is 20.9. The van der Waals surface area contributed by atoms with Gasteiger partial charge in [-0.05, 0) is 42.5 Å². The van der Waals surface area contributed by atoms with E-state index in [-0.39, 0.29) is 6.61 Å². The van der Waals surface area contributed by atoms with Gasteiger partial charge >= 0.3 is 0 Å². The molecule has 5 nitrogen and oxygen atoms in total. The van der Waals surface area contributed by atoms with Gasteiger partial charge in [-0.1, -0.05) is 43.3 Å². The Morgan fingerprint density at radius 1 is 1.03 bits per heavy atom. The third-order valence-electron chi connectivity index (χ3n) is 6.03. The number of benzene rings is 2. The second kappa shape index (κ2) is 9.45. The van der Waals surface area contributed by atoms with Gasteiger partial charge in [0.25, 0.3) is 0 Å². The third kappa shape index (κ3) is 4.27. The van der Waals surface area contributed by atoms with Crippen molar-refractivity contribution in [3.8, 4) is 17.0 Å². The first-order valence-corrected chi connectivity index (χ1v) is 10.9. The van der Waals surface area contributed by atoms with Crippen LogP contribution in [0.5, 0.6) is 5.75 Å². The van der Waals surface area contributed by atoms with E-state index in [1.54, 1.807) is 7.11 Å². The maximum absolute atomic E-state index is 9.15. The van der Waals surface area contributed by atoms with Crippen LogP contribution in [-0.2, 0) is 6.42 Å². The Morgan fingerprint density at radius 3 is 2.57 bits per heavy atom. The van der Waals surface area contributed by atoms with Crippen molar-refractivity contribution in [3.63, 3.8) is 0 Å². The molecule has 4 rings (SSSR count). The predicted molar refractivity (Wildman–Crippen MR) is 123 cm³/mol. The molecule has 0 spiro atoms. The first-order chi connectivity index (χ1) is 14.7. The molecular weight excluding hydrogens is 374 g/mol. The summed E-state index contributed by atoms with van der Waals surface area (Å²) >= 11 is 0. The Balaban J connectivity index is 1.73. The van der Waals surface area contributed by atoms with E-state index in [2.05, 4.69) is 65.3 Å². The highest BCUT2D eigenvalue weighted by molar-refractivity contribution is 5.95. The summed E-state index contributed by atoms with van der Waals surface area (Å²) in [6.45, 7) is 7.65. The molecule has 2 heterocycles. The summed E-state index contributed by atoms with van der Waals surface area (Å²) in [7, 11) is 1.70. The van der Waals surface area contributed by atoms with Gasteiger partial charge in [-0.3, -0.25) is 0 Å². The van der Waals surface area contributed by atoms with Crippen molar-refractivity contribution in [1.82, 2.24) is 9.88 Å². The van der Waals surface area contributed by atoms with Gasteiger partial charge in [-0.15, -0.1) is 0 Å².